The molecule has 0 atom stereocenters. The van der Waals surface area contributed by atoms with Crippen molar-refractivity contribution in [3.8, 4) is 22.8 Å². The molecule has 0 aliphatic carbocycles. The minimum Gasteiger partial charge on any atom is -0.396 e. The lowest BCUT2D eigenvalue weighted by Crippen LogP contribution is -1.91. The summed E-state index contributed by atoms with van der Waals surface area (Å²) in [6.45, 7) is 1.97. The first-order valence-corrected chi connectivity index (χ1v) is 6.10. The molecular formula is C15H12FN3O. The highest BCUT2D eigenvalue weighted by molar-refractivity contribution is 5.64. The van der Waals surface area contributed by atoms with E-state index >= 15 is 0 Å². The molecule has 2 aromatic carbocycles. The van der Waals surface area contributed by atoms with Gasteiger partial charge in [-0.1, -0.05) is 29.4 Å². The average Bonchev–Trinajstić information content (AvgIpc) is 2.92. The van der Waals surface area contributed by atoms with Gasteiger partial charge in [0.25, 0.3) is 5.89 Å². The number of hydrogen-bond donors (Lipinski definition) is 1. The molecule has 1 aromatic heterocycles. The highest BCUT2D eigenvalue weighted by Crippen LogP contribution is 2.26. The van der Waals surface area contributed by atoms with E-state index in [2.05, 4.69) is 10.1 Å². The van der Waals surface area contributed by atoms with Crippen LogP contribution in [0.15, 0.2) is 47.0 Å². The molecule has 0 bridgehead atoms. The Balaban J connectivity index is 2.02. The first-order chi connectivity index (χ1) is 9.65. The van der Waals surface area contributed by atoms with Crippen molar-refractivity contribution in [3.05, 3.63) is 53.8 Å². The number of hydrogen-bond acceptors (Lipinski definition) is 4. The monoisotopic (exact) mass is 269 g/mol. The fraction of sp³-hybridized carbons (Fsp3) is 0.0667. The fourth-order valence-electron chi connectivity index (χ4n) is 1.95. The molecule has 1 heterocycles. The Labute approximate surface area is 115 Å². The topological polar surface area (TPSA) is 64.9 Å². The third kappa shape index (κ3) is 2.14. The van der Waals surface area contributed by atoms with Crippen molar-refractivity contribution < 1.29 is 8.91 Å². The molecule has 0 fully saturated rings. The van der Waals surface area contributed by atoms with E-state index in [-0.39, 0.29) is 5.69 Å². The van der Waals surface area contributed by atoms with Crippen LogP contribution in [0.4, 0.5) is 10.1 Å². The van der Waals surface area contributed by atoms with E-state index in [0.29, 0.717) is 17.3 Å². The van der Waals surface area contributed by atoms with Gasteiger partial charge in [-0.15, -0.1) is 0 Å². The Bertz CT molecular complexity index is 767. The van der Waals surface area contributed by atoms with Crippen molar-refractivity contribution in [3.63, 3.8) is 0 Å². The molecule has 0 saturated carbocycles. The Hall–Kier alpha value is -2.69. The van der Waals surface area contributed by atoms with Crippen LogP contribution in [0.2, 0.25) is 0 Å². The summed E-state index contributed by atoms with van der Waals surface area (Å²) >= 11 is 0. The maximum absolute atomic E-state index is 13.1. The van der Waals surface area contributed by atoms with Crippen molar-refractivity contribution in [1.29, 1.82) is 0 Å². The fourth-order valence-corrected chi connectivity index (χ4v) is 1.95. The average molecular weight is 269 g/mol. The van der Waals surface area contributed by atoms with Crippen molar-refractivity contribution >= 4 is 5.69 Å². The zero-order valence-electron chi connectivity index (χ0n) is 10.8. The van der Waals surface area contributed by atoms with Crippen molar-refractivity contribution in [2.75, 3.05) is 5.73 Å². The van der Waals surface area contributed by atoms with Crippen LogP contribution in [-0.4, -0.2) is 10.1 Å². The number of halogens is 1. The van der Waals surface area contributed by atoms with Gasteiger partial charge in [-0.2, -0.15) is 4.98 Å². The summed E-state index contributed by atoms with van der Waals surface area (Å²) < 4.78 is 18.4. The van der Waals surface area contributed by atoms with Gasteiger partial charge in [-0.25, -0.2) is 4.39 Å². The number of nitrogens with two attached hydrogens (primary N) is 1. The lowest BCUT2D eigenvalue weighted by atomic mass is 10.1. The normalized spacial score (nSPS) is 10.7. The summed E-state index contributed by atoms with van der Waals surface area (Å²) in [6, 6.07) is 12.1. The van der Waals surface area contributed by atoms with Crippen LogP contribution < -0.4 is 5.73 Å². The maximum Gasteiger partial charge on any atom is 0.258 e. The summed E-state index contributed by atoms with van der Waals surface area (Å²) in [7, 11) is 0. The second kappa shape index (κ2) is 4.77. The highest BCUT2D eigenvalue weighted by atomic mass is 19.1. The molecule has 0 unspecified atom stereocenters. The van der Waals surface area contributed by atoms with Crippen LogP contribution in [0.3, 0.4) is 0 Å². The summed E-state index contributed by atoms with van der Waals surface area (Å²) in [4.78, 5) is 4.33. The number of anilines is 1. The van der Waals surface area contributed by atoms with Gasteiger partial charge < -0.3 is 10.3 Å². The molecular weight excluding hydrogens is 257 g/mol. The first-order valence-electron chi connectivity index (χ1n) is 6.10. The minimum absolute atomic E-state index is 0.0538. The van der Waals surface area contributed by atoms with E-state index in [1.165, 1.54) is 12.1 Å². The molecule has 20 heavy (non-hydrogen) atoms. The molecule has 4 nitrogen and oxygen atoms in total. The number of aryl methyl sites for hydroxylation is 1. The molecule has 0 radical (unpaired) electrons. The first kappa shape index (κ1) is 12.3. The summed E-state index contributed by atoms with van der Waals surface area (Å²) in [5.41, 5.74) is 8.14. The third-order valence-electron chi connectivity index (χ3n) is 3.05. The van der Waals surface area contributed by atoms with Gasteiger partial charge in [0.05, 0.1) is 5.69 Å². The molecule has 0 saturated heterocycles. The van der Waals surface area contributed by atoms with Gasteiger partial charge in [0.2, 0.25) is 5.82 Å². The van der Waals surface area contributed by atoms with E-state index in [4.69, 9.17) is 10.3 Å². The quantitative estimate of drug-likeness (QED) is 0.724. The lowest BCUT2D eigenvalue weighted by molar-refractivity contribution is 0.432. The number of nitrogens with zero attached hydrogens (tertiary/aromatic N) is 2. The van der Waals surface area contributed by atoms with E-state index in [1.54, 1.807) is 6.07 Å². The second-order valence-corrected chi connectivity index (χ2v) is 4.47. The summed E-state index contributed by atoms with van der Waals surface area (Å²) in [6.07, 6.45) is 0. The molecule has 0 aliphatic heterocycles. The summed E-state index contributed by atoms with van der Waals surface area (Å²) in [5.74, 6) is 0.350. The Kier molecular flexibility index (Phi) is 2.95. The number of nitrogen functional groups attached to an aromatic ring is 1. The lowest BCUT2D eigenvalue weighted by Gasteiger charge is -1.99. The predicted octanol–water partition coefficient (Wildman–Crippen LogP) is 3.43. The van der Waals surface area contributed by atoms with Gasteiger partial charge >= 0.3 is 0 Å². The molecule has 3 aromatic rings. The van der Waals surface area contributed by atoms with Gasteiger partial charge in [0.15, 0.2) is 0 Å². The zero-order chi connectivity index (χ0) is 14.1. The standard InChI is InChI=1S/C15H12FN3O/c1-9-4-2-3-5-11(9)14-18-15(20-19-14)10-6-7-12(16)13(17)8-10/h2-8H,17H2,1H3. The molecule has 0 amide bonds. The maximum atomic E-state index is 13.1. The number of aromatic nitrogens is 2. The second-order valence-electron chi connectivity index (χ2n) is 4.47. The SMILES string of the molecule is Cc1ccccc1-c1noc(-c2ccc(F)c(N)c2)n1. The highest BCUT2D eigenvalue weighted by Gasteiger charge is 2.13. The van der Waals surface area contributed by atoms with Gasteiger partial charge in [-0.05, 0) is 30.7 Å². The van der Waals surface area contributed by atoms with Crippen LogP contribution in [-0.2, 0) is 0 Å². The van der Waals surface area contributed by atoms with E-state index in [9.17, 15) is 4.39 Å². The van der Waals surface area contributed by atoms with E-state index in [0.717, 1.165) is 11.1 Å². The van der Waals surface area contributed by atoms with Gasteiger partial charge in [0.1, 0.15) is 5.82 Å². The smallest absolute Gasteiger partial charge is 0.258 e. The molecule has 0 aliphatic rings. The molecule has 3 rings (SSSR count). The van der Waals surface area contributed by atoms with Gasteiger partial charge in [-0.3, -0.25) is 0 Å². The molecule has 2 N–H and O–H groups in total. The van der Waals surface area contributed by atoms with Crippen molar-refractivity contribution in [1.82, 2.24) is 10.1 Å². The van der Waals surface area contributed by atoms with E-state index in [1.807, 2.05) is 31.2 Å². The Morgan fingerprint density at radius 2 is 1.95 bits per heavy atom. The van der Waals surface area contributed by atoms with Crippen molar-refractivity contribution in [2.24, 2.45) is 0 Å². The predicted molar refractivity (Wildman–Crippen MR) is 74.3 cm³/mol. The van der Waals surface area contributed by atoms with Crippen LogP contribution in [0, 0.1) is 12.7 Å². The van der Waals surface area contributed by atoms with Crippen molar-refractivity contribution in [2.45, 2.75) is 6.92 Å². The van der Waals surface area contributed by atoms with Crippen LogP contribution in [0.25, 0.3) is 22.8 Å². The Morgan fingerprint density at radius 3 is 2.70 bits per heavy atom. The van der Waals surface area contributed by atoms with Gasteiger partial charge in [0, 0.05) is 11.1 Å². The third-order valence-corrected chi connectivity index (χ3v) is 3.05. The van der Waals surface area contributed by atoms with Crippen LogP contribution in [0.5, 0.6) is 0 Å². The largest absolute Gasteiger partial charge is 0.396 e. The van der Waals surface area contributed by atoms with E-state index < -0.39 is 5.82 Å². The van der Waals surface area contributed by atoms with Crippen LogP contribution in [0.1, 0.15) is 5.56 Å². The molecule has 5 heteroatoms. The molecule has 100 valence electrons. The number of benzene rings is 2. The van der Waals surface area contributed by atoms with Crippen LogP contribution >= 0.6 is 0 Å². The summed E-state index contributed by atoms with van der Waals surface area (Å²) in [5, 5.41) is 3.96. The Morgan fingerprint density at radius 1 is 1.15 bits per heavy atom. The minimum atomic E-state index is -0.465. The zero-order valence-corrected chi connectivity index (χ0v) is 10.8. The molecule has 0 spiro atoms. The number of rotatable bonds is 2.